The lowest BCUT2D eigenvalue weighted by Crippen LogP contribution is -2.33. The van der Waals surface area contributed by atoms with Crippen LogP contribution in [0.1, 0.15) is 37.2 Å². The number of aliphatic hydroxyl groups is 1. The highest BCUT2D eigenvalue weighted by Gasteiger charge is 2.14. The van der Waals surface area contributed by atoms with E-state index in [2.05, 4.69) is 21.2 Å². The number of aromatic nitrogens is 1. The first kappa shape index (κ1) is 14.3. The molecule has 2 N–H and O–H groups in total. The summed E-state index contributed by atoms with van der Waals surface area (Å²) in [6.07, 6.45) is 3.39. The summed E-state index contributed by atoms with van der Waals surface area (Å²) in [5, 5.41) is 11.7. The molecule has 0 aliphatic heterocycles. The van der Waals surface area contributed by atoms with Gasteiger partial charge in [0.2, 0.25) is 0 Å². The maximum absolute atomic E-state index is 12.0. The molecule has 1 atom stereocenters. The molecule has 0 aliphatic rings. The Kier molecular flexibility index (Phi) is 5.71. The third kappa shape index (κ3) is 4.16. The second-order valence-electron chi connectivity index (χ2n) is 4.07. The van der Waals surface area contributed by atoms with Gasteiger partial charge in [-0.15, -0.1) is 0 Å². The van der Waals surface area contributed by atoms with Gasteiger partial charge in [-0.3, -0.25) is 4.79 Å². The second-order valence-corrected chi connectivity index (χ2v) is 4.99. The number of carbonyl (C=O) groups excluding carboxylic acids is 1. The Balaban J connectivity index is 2.62. The summed E-state index contributed by atoms with van der Waals surface area (Å²) in [6, 6.07) is 1.89. The van der Waals surface area contributed by atoms with Crippen LogP contribution in [0.25, 0.3) is 0 Å². The zero-order chi connectivity index (χ0) is 12.8. The third-order valence-corrected chi connectivity index (χ3v) is 3.04. The van der Waals surface area contributed by atoms with Crippen LogP contribution in [-0.4, -0.2) is 28.2 Å². The van der Waals surface area contributed by atoms with Gasteiger partial charge in [-0.25, -0.2) is 0 Å². The molecule has 0 spiro atoms. The highest BCUT2D eigenvalue weighted by atomic mass is 79.9. The molecule has 0 saturated carbocycles. The van der Waals surface area contributed by atoms with Gasteiger partial charge in [0.25, 0.3) is 5.91 Å². The Morgan fingerprint density at radius 1 is 1.65 bits per heavy atom. The summed E-state index contributed by atoms with van der Waals surface area (Å²) < 4.78 is 2.81. The Hall–Kier alpha value is -0.810. The first-order chi connectivity index (χ1) is 8.08. The van der Waals surface area contributed by atoms with Crippen molar-refractivity contribution in [1.29, 1.82) is 0 Å². The third-order valence-electron chi connectivity index (χ3n) is 2.61. The minimum absolute atomic E-state index is 0.0667. The summed E-state index contributed by atoms with van der Waals surface area (Å²) in [5.74, 6) is -0.0667. The predicted octanol–water partition coefficient (Wildman–Crippen LogP) is 2.16. The molecule has 1 aromatic heterocycles. The van der Waals surface area contributed by atoms with Gasteiger partial charge in [0.05, 0.1) is 0 Å². The summed E-state index contributed by atoms with van der Waals surface area (Å²) in [7, 11) is 0. The van der Waals surface area contributed by atoms with Crippen LogP contribution in [0.5, 0.6) is 0 Å². The number of nitrogens with zero attached hydrogens (tertiary/aromatic N) is 1. The molecule has 0 aliphatic carbocycles. The SMILES string of the molecule is CCn1cc(Br)cc1C(=O)NC(C)CCCO. The van der Waals surface area contributed by atoms with Crippen molar-refractivity contribution in [2.45, 2.75) is 39.3 Å². The maximum Gasteiger partial charge on any atom is 0.268 e. The summed E-state index contributed by atoms with van der Waals surface area (Å²) in [4.78, 5) is 12.0. The molecule has 5 heteroatoms. The smallest absolute Gasteiger partial charge is 0.268 e. The standard InChI is InChI=1S/C12H19BrN2O2/c1-3-15-8-10(13)7-11(15)12(17)14-9(2)5-4-6-16/h7-9,16H,3-6H2,1-2H3,(H,14,17). The number of rotatable bonds is 6. The van der Waals surface area contributed by atoms with E-state index in [0.717, 1.165) is 17.4 Å². The van der Waals surface area contributed by atoms with Gasteiger partial charge in [0.1, 0.15) is 5.69 Å². The zero-order valence-electron chi connectivity index (χ0n) is 10.2. The van der Waals surface area contributed by atoms with E-state index in [0.29, 0.717) is 12.1 Å². The van der Waals surface area contributed by atoms with Crippen LogP contribution >= 0.6 is 15.9 Å². The minimum atomic E-state index is -0.0667. The molecule has 0 bridgehead atoms. The number of halogens is 1. The van der Waals surface area contributed by atoms with Gasteiger partial charge < -0.3 is 15.0 Å². The van der Waals surface area contributed by atoms with Gasteiger partial charge in [-0.1, -0.05) is 0 Å². The minimum Gasteiger partial charge on any atom is -0.396 e. The number of aryl methyl sites for hydroxylation is 1. The second kappa shape index (κ2) is 6.81. The first-order valence-corrected chi connectivity index (χ1v) is 6.65. The Labute approximate surface area is 110 Å². The quantitative estimate of drug-likeness (QED) is 0.846. The number of amides is 1. The van der Waals surface area contributed by atoms with Crippen molar-refractivity contribution in [2.75, 3.05) is 6.61 Å². The van der Waals surface area contributed by atoms with Crippen LogP contribution in [0, 0.1) is 0 Å². The molecule has 1 heterocycles. The highest BCUT2D eigenvalue weighted by molar-refractivity contribution is 9.10. The van der Waals surface area contributed by atoms with Crippen LogP contribution in [-0.2, 0) is 6.54 Å². The van der Waals surface area contributed by atoms with E-state index < -0.39 is 0 Å². The summed E-state index contributed by atoms with van der Waals surface area (Å²) in [5.41, 5.74) is 0.662. The molecule has 4 nitrogen and oxygen atoms in total. The van der Waals surface area contributed by atoms with Crippen molar-refractivity contribution in [3.63, 3.8) is 0 Å². The molecular weight excluding hydrogens is 284 g/mol. The van der Waals surface area contributed by atoms with Crippen molar-refractivity contribution >= 4 is 21.8 Å². The Morgan fingerprint density at radius 3 is 2.94 bits per heavy atom. The van der Waals surface area contributed by atoms with Gasteiger partial charge in [-0.2, -0.15) is 0 Å². The molecule has 0 saturated heterocycles. The molecule has 96 valence electrons. The number of carbonyl (C=O) groups is 1. The lowest BCUT2D eigenvalue weighted by Gasteiger charge is -2.14. The zero-order valence-corrected chi connectivity index (χ0v) is 11.8. The van der Waals surface area contributed by atoms with E-state index in [1.54, 1.807) is 0 Å². The van der Waals surface area contributed by atoms with E-state index in [1.807, 2.05) is 30.7 Å². The fourth-order valence-electron chi connectivity index (χ4n) is 1.69. The Bertz CT molecular complexity index is 377. The fraction of sp³-hybridized carbons (Fsp3) is 0.583. The average molecular weight is 303 g/mol. The molecule has 17 heavy (non-hydrogen) atoms. The molecule has 1 amide bonds. The predicted molar refractivity (Wildman–Crippen MR) is 71.1 cm³/mol. The molecule has 1 aromatic rings. The van der Waals surface area contributed by atoms with Crippen LogP contribution in [0.15, 0.2) is 16.7 Å². The van der Waals surface area contributed by atoms with Crippen molar-refractivity contribution in [2.24, 2.45) is 0 Å². The normalized spacial score (nSPS) is 12.5. The lowest BCUT2D eigenvalue weighted by atomic mass is 10.2. The van der Waals surface area contributed by atoms with E-state index in [4.69, 9.17) is 5.11 Å². The molecule has 0 fully saturated rings. The van der Waals surface area contributed by atoms with E-state index >= 15 is 0 Å². The van der Waals surface area contributed by atoms with E-state index in [1.165, 1.54) is 0 Å². The summed E-state index contributed by atoms with van der Waals surface area (Å²) in [6.45, 7) is 4.87. The fourth-order valence-corrected chi connectivity index (χ4v) is 2.16. The van der Waals surface area contributed by atoms with Crippen molar-refractivity contribution in [3.8, 4) is 0 Å². The average Bonchev–Trinajstić information content (AvgIpc) is 2.67. The van der Waals surface area contributed by atoms with Crippen LogP contribution in [0.3, 0.4) is 0 Å². The maximum atomic E-state index is 12.0. The van der Waals surface area contributed by atoms with Crippen LogP contribution < -0.4 is 5.32 Å². The van der Waals surface area contributed by atoms with Gasteiger partial charge in [-0.05, 0) is 48.7 Å². The molecule has 0 aromatic carbocycles. The van der Waals surface area contributed by atoms with Gasteiger partial charge in [0, 0.05) is 29.9 Å². The first-order valence-electron chi connectivity index (χ1n) is 5.85. The van der Waals surface area contributed by atoms with Crippen LogP contribution in [0.4, 0.5) is 0 Å². The molecule has 1 rings (SSSR count). The topological polar surface area (TPSA) is 54.3 Å². The molecule has 1 unspecified atom stereocenters. The van der Waals surface area contributed by atoms with Gasteiger partial charge >= 0.3 is 0 Å². The summed E-state index contributed by atoms with van der Waals surface area (Å²) >= 11 is 3.37. The number of nitrogens with one attached hydrogen (secondary N) is 1. The monoisotopic (exact) mass is 302 g/mol. The van der Waals surface area contributed by atoms with Crippen molar-refractivity contribution < 1.29 is 9.90 Å². The van der Waals surface area contributed by atoms with Gasteiger partial charge in [0.15, 0.2) is 0 Å². The van der Waals surface area contributed by atoms with Crippen molar-refractivity contribution in [3.05, 3.63) is 22.4 Å². The van der Waals surface area contributed by atoms with E-state index in [9.17, 15) is 4.79 Å². The lowest BCUT2D eigenvalue weighted by molar-refractivity contribution is 0.0927. The largest absolute Gasteiger partial charge is 0.396 e. The highest BCUT2D eigenvalue weighted by Crippen LogP contribution is 2.15. The molecular formula is C12H19BrN2O2. The number of hydrogen-bond donors (Lipinski definition) is 2. The van der Waals surface area contributed by atoms with E-state index in [-0.39, 0.29) is 18.6 Å². The van der Waals surface area contributed by atoms with Crippen LogP contribution in [0.2, 0.25) is 0 Å². The Morgan fingerprint density at radius 2 is 2.35 bits per heavy atom. The number of aliphatic hydroxyl groups excluding tert-OH is 1. The van der Waals surface area contributed by atoms with Crippen molar-refractivity contribution in [1.82, 2.24) is 9.88 Å². The number of hydrogen-bond acceptors (Lipinski definition) is 2. The molecule has 0 radical (unpaired) electrons.